The van der Waals surface area contributed by atoms with Gasteiger partial charge in [-0.2, -0.15) is 0 Å². The van der Waals surface area contributed by atoms with Gasteiger partial charge in [-0.25, -0.2) is 0 Å². The van der Waals surface area contributed by atoms with Crippen LogP contribution in [-0.4, -0.2) is 16.5 Å². The van der Waals surface area contributed by atoms with Crippen molar-refractivity contribution in [3.8, 4) is 0 Å². The van der Waals surface area contributed by atoms with Gasteiger partial charge >= 0.3 is 0 Å². The fraction of sp³-hybridized carbons (Fsp3) is 0.538. The van der Waals surface area contributed by atoms with E-state index in [1.54, 1.807) is 0 Å². The highest BCUT2D eigenvalue weighted by molar-refractivity contribution is 7.85. The SMILES string of the molecule is Cc1ccc(S(=O)CCCCCN)c(C)c1. The monoisotopic (exact) mass is 239 g/mol. The Kier molecular flexibility index (Phi) is 5.71. The minimum Gasteiger partial charge on any atom is -0.330 e. The maximum Gasteiger partial charge on any atom is 0.0532 e. The van der Waals surface area contributed by atoms with Crippen LogP contribution in [0, 0.1) is 13.8 Å². The molecule has 1 atom stereocenters. The molecule has 0 aliphatic carbocycles. The van der Waals surface area contributed by atoms with Gasteiger partial charge in [-0.15, -0.1) is 0 Å². The van der Waals surface area contributed by atoms with Gasteiger partial charge < -0.3 is 5.73 Å². The summed E-state index contributed by atoms with van der Waals surface area (Å²) in [7, 11) is -0.848. The van der Waals surface area contributed by atoms with Crippen molar-refractivity contribution in [1.82, 2.24) is 0 Å². The van der Waals surface area contributed by atoms with Crippen LogP contribution < -0.4 is 5.73 Å². The molecule has 0 aromatic heterocycles. The zero-order valence-electron chi connectivity index (χ0n) is 10.2. The number of hydrogen-bond donors (Lipinski definition) is 1. The lowest BCUT2D eigenvalue weighted by Gasteiger charge is -2.06. The number of hydrogen-bond acceptors (Lipinski definition) is 2. The Bertz CT molecular complexity index is 363. The lowest BCUT2D eigenvalue weighted by molar-refractivity contribution is 0.672. The minimum atomic E-state index is -0.848. The lowest BCUT2D eigenvalue weighted by Crippen LogP contribution is -2.03. The molecule has 16 heavy (non-hydrogen) atoms. The maximum absolute atomic E-state index is 12.0. The van der Waals surface area contributed by atoms with Crippen molar-refractivity contribution in [1.29, 1.82) is 0 Å². The Morgan fingerprint density at radius 3 is 2.56 bits per heavy atom. The van der Waals surface area contributed by atoms with E-state index in [0.29, 0.717) is 0 Å². The predicted molar refractivity (Wildman–Crippen MR) is 70.1 cm³/mol. The third-order valence-electron chi connectivity index (χ3n) is 2.61. The molecule has 1 unspecified atom stereocenters. The Balaban J connectivity index is 2.53. The first-order chi connectivity index (χ1) is 7.65. The van der Waals surface area contributed by atoms with Crippen molar-refractivity contribution in [2.75, 3.05) is 12.3 Å². The highest BCUT2D eigenvalue weighted by atomic mass is 32.2. The molecule has 0 spiro atoms. The first-order valence-corrected chi connectivity index (χ1v) is 7.12. The maximum atomic E-state index is 12.0. The van der Waals surface area contributed by atoms with Crippen LogP contribution in [-0.2, 0) is 10.8 Å². The van der Waals surface area contributed by atoms with Crippen LogP contribution in [0.5, 0.6) is 0 Å². The van der Waals surface area contributed by atoms with E-state index >= 15 is 0 Å². The van der Waals surface area contributed by atoms with Crippen molar-refractivity contribution in [2.24, 2.45) is 5.73 Å². The van der Waals surface area contributed by atoms with Gasteiger partial charge in [-0.05, 0) is 44.9 Å². The van der Waals surface area contributed by atoms with Crippen molar-refractivity contribution in [3.63, 3.8) is 0 Å². The molecule has 2 nitrogen and oxygen atoms in total. The quantitative estimate of drug-likeness (QED) is 0.775. The second-order valence-electron chi connectivity index (χ2n) is 4.17. The third-order valence-corrected chi connectivity index (χ3v) is 4.22. The summed E-state index contributed by atoms with van der Waals surface area (Å²) >= 11 is 0. The molecule has 0 radical (unpaired) electrons. The number of benzene rings is 1. The summed E-state index contributed by atoms with van der Waals surface area (Å²) in [5.41, 5.74) is 7.78. The molecule has 0 saturated heterocycles. The number of nitrogens with two attached hydrogens (primary N) is 1. The molecule has 0 heterocycles. The molecule has 90 valence electrons. The van der Waals surface area contributed by atoms with E-state index in [2.05, 4.69) is 13.0 Å². The largest absolute Gasteiger partial charge is 0.330 e. The summed E-state index contributed by atoms with van der Waals surface area (Å²) in [5, 5.41) is 0. The number of unbranched alkanes of at least 4 members (excludes halogenated alkanes) is 2. The molecule has 1 rings (SSSR count). The van der Waals surface area contributed by atoms with E-state index < -0.39 is 10.8 Å². The van der Waals surface area contributed by atoms with Gasteiger partial charge in [0.25, 0.3) is 0 Å². The van der Waals surface area contributed by atoms with Crippen molar-refractivity contribution >= 4 is 10.8 Å². The average molecular weight is 239 g/mol. The van der Waals surface area contributed by atoms with Crippen LogP contribution in [0.2, 0.25) is 0 Å². The fourth-order valence-electron chi connectivity index (χ4n) is 1.72. The smallest absolute Gasteiger partial charge is 0.0532 e. The standard InChI is InChI=1S/C13H21NOS/c1-11-6-7-13(12(2)10-11)16(15)9-5-3-4-8-14/h6-7,10H,3-5,8-9,14H2,1-2H3. The van der Waals surface area contributed by atoms with Crippen molar-refractivity contribution in [3.05, 3.63) is 29.3 Å². The molecule has 0 bridgehead atoms. The van der Waals surface area contributed by atoms with E-state index in [0.717, 1.165) is 42.0 Å². The molecule has 1 aromatic rings. The highest BCUT2D eigenvalue weighted by Crippen LogP contribution is 2.16. The fourth-order valence-corrected chi connectivity index (χ4v) is 3.04. The Morgan fingerprint density at radius 1 is 1.19 bits per heavy atom. The van der Waals surface area contributed by atoms with Gasteiger partial charge in [0.05, 0.1) is 10.8 Å². The van der Waals surface area contributed by atoms with Crippen LogP contribution in [0.15, 0.2) is 23.1 Å². The second-order valence-corrected chi connectivity index (χ2v) is 5.71. The van der Waals surface area contributed by atoms with E-state index in [1.807, 2.05) is 19.1 Å². The van der Waals surface area contributed by atoms with Gasteiger partial charge in [0.1, 0.15) is 0 Å². The van der Waals surface area contributed by atoms with E-state index in [-0.39, 0.29) is 0 Å². The van der Waals surface area contributed by atoms with Gasteiger partial charge in [0, 0.05) is 10.6 Å². The van der Waals surface area contributed by atoms with E-state index in [4.69, 9.17) is 5.73 Å². The normalized spacial score (nSPS) is 12.7. The summed E-state index contributed by atoms with van der Waals surface area (Å²) in [6, 6.07) is 6.11. The molecular formula is C13H21NOS. The summed E-state index contributed by atoms with van der Waals surface area (Å²) in [6.45, 7) is 4.82. The van der Waals surface area contributed by atoms with Crippen LogP contribution >= 0.6 is 0 Å². The van der Waals surface area contributed by atoms with E-state index in [9.17, 15) is 4.21 Å². The highest BCUT2D eigenvalue weighted by Gasteiger charge is 2.06. The first kappa shape index (κ1) is 13.4. The molecule has 1 aromatic carbocycles. The zero-order valence-corrected chi connectivity index (χ0v) is 11.0. The molecule has 0 aliphatic heterocycles. The van der Waals surface area contributed by atoms with Gasteiger partial charge in [0.15, 0.2) is 0 Å². The molecule has 0 aliphatic rings. The van der Waals surface area contributed by atoms with Crippen molar-refractivity contribution in [2.45, 2.75) is 38.0 Å². The zero-order chi connectivity index (χ0) is 12.0. The first-order valence-electron chi connectivity index (χ1n) is 5.81. The minimum absolute atomic E-state index is 0.732. The molecule has 0 saturated carbocycles. The van der Waals surface area contributed by atoms with Gasteiger partial charge in [0.2, 0.25) is 0 Å². The predicted octanol–water partition coefficient (Wildman–Crippen LogP) is 2.54. The Hall–Kier alpha value is -0.670. The molecule has 0 amide bonds. The third kappa shape index (κ3) is 4.06. The molecule has 0 fully saturated rings. The van der Waals surface area contributed by atoms with Crippen molar-refractivity contribution < 1.29 is 4.21 Å². The van der Waals surface area contributed by atoms with Crippen LogP contribution in [0.4, 0.5) is 0 Å². The molecular weight excluding hydrogens is 218 g/mol. The second kappa shape index (κ2) is 6.81. The van der Waals surface area contributed by atoms with Crippen LogP contribution in [0.25, 0.3) is 0 Å². The number of rotatable bonds is 6. The summed E-state index contributed by atoms with van der Waals surface area (Å²) in [6.07, 6.45) is 3.11. The average Bonchev–Trinajstić information content (AvgIpc) is 2.24. The summed E-state index contributed by atoms with van der Waals surface area (Å²) in [4.78, 5) is 0.985. The molecule has 3 heteroatoms. The summed E-state index contributed by atoms with van der Waals surface area (Å²) in [5.74, 6) is 0.754. The Morgan fingerprint density at radius 2 is 1.94 bits per heavy atom. The van der Waals surface area contributed by atoms with E-state index in [1.165, 1.54) is 5.56 Å². The Labute approximate surface area is 101 Å². The van der Waals surface area contributed by atoms with Gasteiger partial charge in [-0.1, -0.05) is 24.1 Å². The number of aryl methyl sites for hydroxylation is 2. The van der Waals surface area contributed by atoms with Crippen LogP contribution in [0.3, 0.4) is 0 Å². The van der Waals surface area contributed by atoms with Crippen LogP contribution in [0.1, 0.15) is 30.4 Å². The summed E-state index contributed by atoms with van der Waals surface area (Å²) < 4.78 is 12.0. The molecule has 2 N–H and O–H groups in total. The van der Waals surface area contributed by atoms with Gasteiger partial charge in [-0.3, -0.25) is 4.21 Å². The topological polar surface area (TPSA) is 43.1 Å². The lowest BCUT2D eigenvalue weighted by atomic mass is 10.2.